The standard InChI is InChI=1S/C19H17FN2O4S2/c1-2-18-21-16(12-27-18)11-26-19(23)13-4-3-5-17(10-13)28(24,25)22-15-8-6-14(20)7-9-15/h3-10,12,22H,2,11H2,1H3. The topological polar surface area (TPSA) is 85.4 Å². The minimum absolute atomic E-state index is 0.0140. The van der Waals surface area contributed by atoms with Gasteiger partial charge in [-0.25, -0.2) is 22.6 Å². The van der Waals surface area contributed by atoms with Gasteiger partial charge in [-0.2, -0.15) is 0 Å². The van der Waals surface area contributed by atoms with Crippen molar-refractivity contribution < 1.29 is 22.3 Å². The zero-order chi connectivity index (χ0) is 20.1. The van der Waals surface area contributed by atoms with Crippen LogP contribution in [0, 0.1) is 5.82 Å². The van der Waals surface area contributed by atoms with E-state index in [1.807, 2.05) is 12.3 Å². The molecule has 1 heterocycles. The van der Waals surface area contributed by atoms with Crippen LogP contribution in [0.3, 0.4) is 0 Å². The van der Waals surface area contributed by atoms with Gasteiger partial charge >= 0.3 is 5.97 Å². The molecule has 9 heteroatoms. The molecule has 146 valence electrons. The number of ether oxygens (including phenoxy) is 1. The number of thiazole rings is 1. The number of carbonyl (C=O) groups excluding carboxylic acids is 1. The van der Waals surface area contributed by atoms with Gasteiger partial charge < -0.3 is 4.74 Å². The lowest BCUT2D eigenvalue weighted by Crippen LogP contribution is -2.14. The van der Waals surface area contributed by atoms with E-state index in [1.54, 1.807) is 0 Å². The minimum atomic E-state index is -3.94. The average molecular weight is 420 g/mol. The Labute approximate surface area is 166 Å². The van der Waals surface area contributed by atoms with E-state index >= 15 is 0 Å². The number of nitrogens with zero attached hydrogens (tertiary/aromatic N) is 1. The van der Waals surface area contributed by atoms with E-state index in [2.05, 4.69) is 9.71 Å². The molecule has 1 aromatic heterocycles. The normalized spacial score (nSPS) is 11.2. The van der Waals surface area contributed by atoms with Crippen molar-refractivity contribution in [2.24, 2.45) is 0 Å². The maximum atomic E-state index is 13.0. The number of aryl methyl sites for hydroxylation is 1. The molecule has 1 N–H and O–H groups in total. The first kappa shape index (κ1) is 20.0. The van der Waals surface area contributed by atoms with Crippen LogP contribution in [0.1, 0.15) is 28.0 Å². The van der Waals surface area contributed by atoms with E-state index in [0.717, 1.165) is 23.6 Å². The van der Waals surface area contributed by atoms with E-state index < -0.39 is 21.8 Å². The molecule has 0 aliphatic heterocycles. The van der Waals surface area contributed by atoms with Gasteiger partial charge in [0, 0.05) is 11.1 Å². The summed E-state index contributed by atoms with van der Waals surface area (Å²) in [6, 6.07) is 10.4. The Morgan fingerprint density at radius 2 is 1.96 bits per heavy atom. The zero-order valence-electron chi connectivity index (χ0n) is 14.9. The second-order valence-electron chi connectivity index (χ2n) is 5.80. The fourth-order valence-electron chi connectivity index (χ4n) is 2.32. The first-order valence-electron chi connectivity index (χ1n) is 8.36. The number of sulfonamides is 1. The summed E-state index contributed by atoms with van der Waals surface area (Å²) in [5.74, 6) is -1.12. The van der Waals surface area contributed by atoms with Crippen molar-refractivity contribution in [1.29, 1.82) is 0 Å². The maximum absolute atomic E-state index is 13.0. The summed E-state index contributed by atoms with van der Waals surface area (Å²) in [6.07, 6.45) is 0.805. The summed E-state index contributed by atoms with van der Waals surface area (Å²) in [5, 5.41) is 2.77. The summed E-state index contributed by atoms with van der Waals surface area (Å²) < 4.78 is 45.5. The van der Waals surface area contributed by atoms with Crippen LogP contribution in [0.25, 0.3) is 0 Å². The predicted molar refractivity (Wildman–Crippen MR) is 104 cm³/mol. The van der Waals surface area contributed by atoms with E-state index in [9.17, 15) is 17.6 Å². The third-order valence-electron chi connectivity index (χ3n) is 3.73. The molecule has 0 unspecified atom stereocenters. The van der Waals surface area contributed by atoms with Crippen LogP contribution in [0.2, 0.25) is 0 Å². The van der Waals surface area contributed by atoms with Crippen LogP contribution in [0.4, 0.5) is 10.1 Å². The second-order valence-corrected chi connectivity index (χ2v) is 8.43. The van der Waals surface area contributed by atoms with Crippen LogP contribution < -0.4 is 4.72 Å². The van der Waals surface area contributed by atoms with Gasteiger partial charge in [-0.1, -0.05) is 13.0 Å². The van der Waals surface area contributed by atoms with Gasteiger partial charge in [0.05, 0.1) is 21.2 Å². The summed E-state index contributed by atoms with van der Waals surface area (Å²) in [6.45, 7) is 2.00. The third-order valence-corrected chi connectivity index (χ3v) is 6.15. The number of hydrogen-bond acceptors (Lipinski definition) is 6. The minimum Gasteiger partial charge on any atom is -0.456 e. The number of anilines is 1. The molecule has 0 aliphatic rings. The number of esters is 1. The predicted octanol–water partition coefficient (Wildman–Crippen LogP) is 4.00. The fourth-order valence-corrected chi connectivity index (χ4v) is 4.16. The molecule has 0 atom stereocenters. The molecule has 3 rings (SSSR count). The van der Waals surface area contributed by atoms with Crippen molar-refractivity contribution in [3.63, 3.8) is 0 Å². The average Bonchev–Trinajstić information content (AvgIpc) is 3.16. The lowest BCUT2D eigenvalue weighted by molar-refractivity contribution is 0.0468. The van der Waals surface area contributed by atoms with Crippen LogP contribution in [-0.4, -0.2) is 19.4 Å². The Kier molecular flexibility index (Phi) is 6.05. The van der Waals surface area contributed by atoms with Gasteiger partial charge in [-0.05, 0) is 48.9 Å². The van der Waals surface area contributed by atoms with Crippen molar-refractivity contribution in [2.75, 3.05) is 4.72 Å². The Balaban J connectivity index is 1.71. The molecule has 2 aromatic carbocycles. The molecule has 0 fully saturated rings. The molecule has 0 radical (unpaired) electrons. The number of aromatic nitrogens is 1. The highest BCUT2D eigenvalue weighted by Gasteiger charge is 2.17. The number of nitrogens with one attached hydrogen (secondary N) is 1. The molecule has 0 aliphatic carbocycles. The number of rotatable bonds is 7. The van der Waals surface area contributed by atoms with Crippen molar-refractivity contribution in [1.82, 2.24) is 4.98 Å². The smallest absolute Gasteiger partial charge is 0.338 e. The monoisotopic (exact) mass is 420 g/mol. The van der Waals surface area contributed by atoms with Crippen LogP contribution in [-0.2, 0) is 27.8 Å². The van der Waals surface area contributed by atoms with E-state index in [4.69, 9.17) is 4.74 Å². The molecular formula is C19H17FN2O4S2. The van der Waals surface area contributed by atoms with Gasteiger partial charge in [-0.15, -0.1) is 11.3 Å². The van der Waals surface area contributed by atoms with Crippen LogP contribution >= 0.6 is 11.3 Å². The highest BCUT2D eigenvalue weighted by atomic mass is 32.2. The number of benzene rings is 2. The Morgan fingerprint density at radius 1 is 1.21 bits per heavy atom. The molecule has 0 amide bonds. The number of carbonyl (C=O) groups is 1. The van der Waals surface area contributed by atoms with Crippen molar-refractivity contribution in [3.05, 3.63) is 76.0 Å². The third kappa shape index (κ3) is 4.93. The summed E-state index contributed by atoms with van der Waals surface area (Å²) in [5.41, 5.74) is 0.967. The van der Waals surface area contributed by atoms with Gasteiger partial charge in [0.25, 0.3) is 10.0 Å². The van der Waals surface area contributed by atoms with Gasteiger partial charge in [-0.3, -0.25) is 4.72 Å². The maximum Gasteiger partial charge on any atom is 0.338 e. The van der Waals surface area contributed by atoms with Crippen LogP contribution in [0.15, 0.2) is 58.8 Å². The Morgan fingerprint density at radius 3 is 2.64 bits per heavy atom. The molecule has 0 spiro atoms. The first-order valence-corrected chi connectivity index (χ1v) is 10.7. The molecule has 0 bridgehead atoms. The molecule has 0 saturated carbocycles. The van der Waals surface area contributed by atoms with E-state index in [0.29, 0.717) is 5.69 Å². The molecular weight excluding hydrogens is 403 g/mol. The van der Waals surface area contributed by atoms with Gasteiger partial charge in [0.2, 0.25) is 0 Å². The van der Waals surface area contributed by atoms with Gasteiger partial charge in [0.15, 0.2) is 0 Å². The first-order chi connectivity index (χ1) is 13.4. The molecule has 6 nitrogen and oxygen atoms in total. The fraction of sp³-hybridized carbons (Fsp3) is 0.158. The Bertz CT molecular complexity index is 1080. The molecule has 28 heavy (non-hydrogen) atoms. The van der Waals surface area contributed by atoms with Crippen molar-refractivity contribution in [3.8, 4) is 0 Å². The zero-order valence-corrected chi connectivity index (χ0v) is 16.5. The van der Waals surface area contributed by atoms with Crippen molar-refractivity contribution >= 4 is 33.0 Å². The van der Waals surface area contributed by atoms with E-state index in [-0.39, 0.29) is 22.8 Å². The summed E-state index contributed by atoms with van der Waals surface area (Å²) in [7, 11) is -3.94. The highest BCUT2D eigenvalue weighted by molar-refractivity contribution is 7.92. The molecule has 0 saturated heterocycles. The molecule has 3 aromatic rings. The lowest BCUT2D eigenvalue weighted by Gasteiger charge is -2.09. The lowest BCUT2D eigenvalue weighted by atomic mass is 10.2. The summed E-state index contributed by atoms with van der Waals surface area (Å²) in [4.78, 5) is 16.5. The summed E-state index contributed by atoms with van der Waals surface area (Å²) >= 11 is 1.49. The second kappa shape index (κ2) is 8.49. The van der Waals surface area contributed by atoms with Crippen molar-refractivity contribution in [2.45, 2.75) is 24.8 Å². The number of hydrogen-bond donors (Lipinski definition) is 1. The largest absolute Gasteiger partial charge is 0.456 e. The Hall–Kier alpha value is -2.78. The van der Waals surface area contributed by atoms with E-state index in [1.165, 1.54) is 47.7 Å². The highest BCUT2D eigenvalue weighted by Crippen LogP contribution is 2.18. The van der Waals surface area contributed by atoms with Crippen LogP contribution in [0.5, 0.6) is 0 Å². The number of halogens is 1. The quantitative estimate of drug-likeness (QED) is 0.584. The van der Waals surface area contributed by atoms with Gasteiger partial charge in [0.1, 0.15) is 12.4 Å². The SMILES string of the molecule is CCc1nc(COC(=O)c2cccc(S(=O)(=O)Nc3ccc(F)cc3)c2)cs1.